The van der Waals surface area contributed by atoms with Gasteiger partial charge in [-0.05, 0) is 43.5 Å². The molecule has 2 unspecified atom stereocenters. The normalized spacial score (nSPS) is 25.8. The van der Waals surface area contributed by atoms with Crippen LogP contribution in [0.3, 0.4) is 0 Å². The third kappa shape index (κ3) is 3.89. The van der Waals surface area contributed by atoms with Crippen LogP contribution in [0.15, 0.2) is 18.2 Å². The Balaban J connectivity index is 1.69. The van der Waals surface area contributed by atoms with Crippen LogP contribution in [0.2, 0.25) is 0 Å². The maximum absolute atomic E-state index is 6.06. The van der Waals surface area contributed by atoms with Crippen molar-refractivity contribution in [3.63, 3.8) is 0 Å². The van der Waals surface area contributed by atoms with E-state index in [0.717, 1.165) is 37.5 Å². The molecule has 0 radical (unpaired) electrons. The molecule has 2 heterocycles. The van der Waals surface area contributed by atoms with Crippen LogP contribution in [-0.2, 0) is 11.2 Å². The minimum absolute atomic E-state index is 0.155. The van der Waals surface area contributed by atoms with Crippen LogP contribution in [0.5, 0.6) is 11.5 Å². The molecule has 0 amide bonds. The van der Waals surface area contributed by atoms with Crippen LogP contribution >= 0.6 is 0 Å². The van der Waals surface area contributed by atoms with Crippen molar-refractivity contribution in [3.05, 3.63) is 23.8 Å². The van der Waals surface area contributed by atoms with E-state index in [-0.39, 0.29) is 6.10 Å². The van der Waals surface area contributed by atoms with Crippen LogP contribution < -0.4 is 14.8 Å². The molecule has 0 aliphatic carbocycles. The van der Waals surface area contributed by atoms with E-state index in [1.807, 2.05) is 6.07 Å². The molecule has 0 spiro atoms. The summed E-state index contributed by atoms with van der Waals surface area (Å²) in [5.74, 6) is 1.66. The van der Waals surface area contributed by atoms with Gasteiger partial charge < -0.3 is 19.5 Å². The van der Waals surface area contributed by atoms with E-state index in [4.69, 9.17) is 14.2 Å². The van der Waals surface area contributed by atoms with Crippen molar-refractivity contribution < 1.29 is 14.2 Å². The summed E-state index contributed by atoms with van der Waals surface area (Å²) in [7, 11) is 1.69. The Morgan fingerprint density at radius 1 is 1.24 bits per heavy atom. The summed E-state index contributed by atoms with van der Waals surface area (Å²) in [6.07, 6.45) is 6.06. The third-order valence-corrected chi connectivity index (χ3v) is 4.30. The molecule has 4 heteroatoms. The molecule has 2 fully saturated rings. The summed E-state index contributed by atoms with van der Waals surface area (Å²) >= 11 is 0. The summed E-state index contributed by atoms with van der Waals surface area (Å²) in [5, 5.41) is 3.60. The highest BCUT2D eigenvalue weighted by atomic mass is 16.6. The van der Waals surface area contributed by atoms with Gasteiger partial charge in [0.05, 0.1) is 20.3 Å². The van der Waals surface area contributed by atoms with Gasteiger partial charge in [-0.25, -0.2) is 0 Å². The SMILES string of the molecule is COc1ccc(CC2CCCCN2)cc1OC1CCOC1. The number of hydrogen-bond donors (Lipinski definition) is 1. The minimum Gasteiger partial charge on any atom is -0.493 e. The van der Waals surface area contributed by atoms with E-state index in [1.54, 1.807) is 7.11 Å². The van der Waals surface area contributed by atoms with Crippen LogP contribution in [0.1, 0.15) is 31.2 Å². The average Bonchev–Trinajstić information content (AvgIpc) is 3.02. The van der Waals surface area contributed by atoms with Crippen molar-refractivity contribution in [3.8, 4) is 11.5 Å². The van der Waals surface area contributed by atoms with E-state index < -0.39 is 0 Å². The van der Waals surface area contributed by atoms with Gasteiger partial charge in [-0.15, -0.1) is 0 Å². The van der Waals surface area contributed by atoms with Crippen molar-refractivity contribution in [2.75, 3.05) is 26.9 Å². The molecule has 3 rings (SSSR count). The van der Waals surface area contributed by atoms with Crippen LogP contribution in [0.25, 0.3) is 0 Å². The van der Waals surface area contributed by atoms with Gasteiger partial charge in [-0.1, -0.05) is 12.5 Å². The molecule has 4 nitrogen and oxygen atoms in total. The van der Waals surface area contributed by atoms with Crippen molar-refractivity contribution in [1.82, 2.24) is 5.32 Å². The van der Waals surface area contributed by atoms with E-state index in [0.29, 0.717) is 12.6 Å². The lowest BCUT2D eigenvalue weighted by atomic mass is 9.97. The molecule has 1 aromatic carbocycles. The average molecular weight is 291 g/mol. The molecule has 1 aromatic rings. The van der Waals surface area contributed by atoms with Gasteiger partial charge in [0, 0.05) is 12.5 Å². The fourth-order valence-corrected chi connectivity index (χ4v) is 3.11. The Bertz CT molecular complexity index is 451. The molecule has 2 aliphatic heterocycles. The zero-order valence-electron chi connectivity index (χ0n) is 12.8. The minimum atomic E-state index is 0.155. The number of methoxy groups -OCH3 is 1. The van der Waals surface area contributed by atoms with Gasteiger partial charge in [0.1, 0.15) is 6.10 Å². The number of nitrogens with one attached hydrogen (secondary N) is 1. The van der Waals surface area contributed by atoms with Gasteiger partial charge in [0.15, 0.2) is 11.5 Å². The molecule has 2 saturated heterocycles. The number of ether oxygens (including phenoxy) is 3. The van der Waals surface area contributed by atoms with E-state index >= 15 is 0 Å². The zero-order valence-corrected chi connectivity index (χ0v) is 12.8. The largest absolute Gasteiger partial charge is 0.493 e. The summed E-state index contributed by atoms with van der Waals surface area (Å²) < 4.78 is 16.9. The lowest BCUT2D eigenvalue weighted by Crippen LogP contribution is -2.35. The topological polar surface area (TPSA) is 39.7 Å². The summed E-state index contributed by atoms with van der Waals surface area (Å²) in [6.45, 7) is 2.61. The summed E-state index contributed by atoms with van der Waals surface area (Å²) in [5.41, 5.74) is 1.31. The molecule has 2 atom stereocenters. The standard InChI is InChI=1S/C17H25NO3/c1-19-16-6-5-13(10-14-4-2-3-8-18-14)11-17(16)21-15-7-9-20-12-15/h5-6,11,14-15,18H,2-4,7-10,12H2,1H3. The van der Waals surface area contributed by atoms with Gasteiger partial charge in [0.25, 0.3) is 0 Å². The number of rotatable bonds is 5. The van der Waals surface area contributed by atoms with Gasteiger partial charge in [0.2, 0.25) is 0 Å². The molecule has 1 N–H and O–H groups in total. The second kappa shape index (κ2) is 7.14. The lowest BCUT2D eigenvalue weighted by Gasteiger charge is -2.24. The Kier molecular flexibility index (Phi) is 4.99. The molecule has 0 bridgehead atoms. The highest BCUT2D eigenvalue weighted by molar-refractivity contribution is 5.43. The Labute approximate surface area is 126 Å². The molecular formula is C17H25NO3. The monoisotopic (exact) mass is 291 g/mol. The fourth-order valence-electron chi connectivity index (χ4n) is 3.11. The molecule has 21 heavy (non-hydrogen) atoms. The first-order valence-electron chi connectivity index (χ1n) is 8.00. The smallest absolute Gasteiger partial charge is 0.161 e. The van der Waals surface area contributed by atoms with Crippen LogP contribution in [0, 0.1) is 0 Å². The highest BCUT2D eigenvalue weighted by Gasteiger charge is 2.20. The first-order valence-corrected chi connectivity index (χ1v) is 8.00. The van der Waals surface area contributed by atoms with Gasteiger partial charge in [-0.2, -0.15) is 0 Å². The molecular weight excluding hydrogens is 266 g/mol. The molecule has 2 aliphatic rings. The molecule has 0 aromatic heterocycles. The lowest BCUT2D eigenvalue weighted by molar-refractivity contribution is 0.138. The number of benzene rings is 1. The predicted molar refractivity (Wildman–Crippen MR) is 82.2 cm³/mol. The predicted octanol–water partition coefficient (Wildman–Crippen LogP) is 2.55. The number of piperidine rings is 1. The van der Waals surface area contributed by atoms with Crippen LogP contribution in [0.4, 0.5) is 0 Å². The Morgan fingerprint density at radius 2 is 2.19 bits per heavy atom. The van der Waals surface area contributed by atoms with E-state index in [9.17, 15) is 0 Å². The Morgan fingerprint density at radius 3 is 2.90 bits per heavy atom. The maximum atomic E-state index is 6.06. The fraction of sp³-hybridized carbons (Fsp3) is 0.647. The molecule has 0 saturated carbocycles. The van der Waals surface area contributed by atoms with Crippen molar-refractivity contribution in [2.45, 2.75) is 44.2 Å². The maximum Gasteiger partial charge on any atom is 0.161 e. The summed E-state index contributed by atoms with van der Waals surface area (Å²) in [6, 6.07) is 6.89. The number of hydrogen-bond acceptors (Lipinski definition) is 4. The first kappa shape index (κ1) is 14.7. The van der Waals surface area contributed by atoms with Gasteiger partial charge >= 0.3 is 0 Å². The van der Waals surface area contributed by atoms with Crippen LogP contribution in [-0.4, -0.2) is 39.0 Å². The quantitative estimate of drug-likeness (QED) is 0.905. The Hall–Kier alpha value is -1.26. The summed E-state index contributed by atoms with van der Waals surface area (Å²) in [4.78, 5) is 0. The second-order valence-electron chi connectivity index (χ2n) is 5.94. The highest BCUT2D eigenvalue weighted by Crippen LogP contribution is 2.31. The molecule has 116 valence electrons. The van der Waals surface area contributed by atoms with E-state index in [1.165, 1.54) is 24.8 Å². The first-order chi connectivity index (χ1) is 10.3. The second-order valence-corrected chi connectivity index (χ2v) is 5.94. The zero-order chi connectivity index (χ0) is 14.5. The van der Waals surface area contributed by atoms with Crippen molar-refractivity contribution in [2.24, 2.45) is 0 Å². The van der Waals surface area contributed by atoms with E-state index in [2.05, 4.69) is 17.4 Å². The van der Waals surface area contributed by atoms with Gasteiger partial charge in [-0.3, -0.25) is 0 Å². The van der Waals surface area contributed by atoms with Crippen molar-refractivity contribution >= 4 is 0 Å². The third-order valence-electron chi connectivity index (χ3n) is 4.30. The van der Waals surface area contributed by atoms with Crippen molar-refractivity contribution in [1.29, 1.82) is 0 Å².